The third kappa shape index (κ3) is 7.17. The van der Waals surface area contributed by atoms with Crippen LogP contribution in [0, 0.1) is 0 Å². The van der Waals surface area contributed by atoms with Crippen molar-refractivity contribution in [3.8, 4) is 0 Å². The Morgan fingerprint density at radius 1 is 1.53 bits per heavy atom. The number of hydrogen-bond donors (Lipinski definition) is 1. The van der Waals surface area contributed by atoms with Crippen LogP contribution < -0.4 is 5.32 Å². The van der Waals surface area contributed by atoms with Crippen LogP contribution in [0.25, 0.3) is 0 Å². The number of rotatable bonds is 10. The molecule has 7 heteroatoms. The second-order valence-corrected chi connectivity index (χ2v) is 5.19. The van der Waals surface area contributed by atoms with Gasteiger partial charge in [0, 0.05) is 26.6 Å². The van der Waals surface area contributed by atoms with Gasteiger partial charge >= 0.3 is 0 Å². The van der Waals surface area contributed by atoms with Crippen LogP contribution in [-0.4, -0.2) is 46.6 Å². The number of thioether (sulfide) groups is 1. The number of nitrogens with zero attached hydrogens (tertiary/aromatic N) is 3. The highest BCUT2D eigenvalue weighted by atomic mass is 32.2. The summed E-state index contributed by atoms with van der Waals surface area (Å²) in [6.45, 7) is 1.94. The molecule has 0 saturated carbocycles. The monoisotopic (exact) mass is 286 g/mol. The van der Waals surface area contributed by atoms with Crippen molar-refractivity contribution in [3.63, 3.8) is 0 Å². The number of carbonyl (C=O) groups excluding carboxylic acids is 1. The molecule has 0 bridgehead atoms. The van der Waals surface area contributed by atoms with E-state index in [1.54, 1.807) is 23.6 Å². The van der Waals surface area contributed by atoms with Crippen LogP contribution >= 0.6 is 11.8 Å². The van der Waals surface area contributed by atoms with Gasteiger partial charge in [0.1, 0.15) is 5.69 Å². The van der Waals surface area contributed by atoms with E-state index in [1.165, 1.54) is 0 Å². The summed E-state index contributed by atoms with van der Waals surface area (Å²) < 4.78 is 6.71. The minimum absolute atomic E-state index is 0.110. The first-order valence-electron chi connectivity index (χ1n) is 6.40. The van der Waals surface area contributed by atoms with Crippen molar-refractivity contribution < 1.29 is 9.53 Å². The molecular formula is C12H22N4O2S. The third-order valence-corrected chi connectivity index (χ3v) is 3.21. The average Bonchev–Trinajstić information content (AvgIpc) is 2.83. The molecule has 0 saturated heterocycles. The van der Waals surface area contributed by atoms with Crippen molar-refractivity contribution in [3.05, 3.63) is 11.9 Å². The Hall–Kier alpha value is -1.08. The molecule has 0 atom stereocenters. The lowest BCUT2D eigenvalue weighted by Gasteiger charge is -2.04. The Morgan fingerprint density at radius 2 is 2.37 bits per heavy atom. The maximum absolute atomic E-state index is 11.5. The number of carbonyl (C=O) groups is 1. The molecule has 0 unspecified atom stereocenters. The molecule has 0 radical (unpaired) electrons. The van der Waals surface area contributed by atoms with Crippen LogP contribution in [0.4, 0.5) is 0 Å². The molecule has 1 N–H and O–H groups in total. The smallest absolute Gasteiger partial charge is 0.220 e. The second-order valence-electron chi connectivity index (χ2n) is 4.21. The minimum Gasteiger partial charge on any atom is -0.378 e. The molecule has 0 aliphatic carbocycles. The number of hydrogen-bond acceptors (Lipinski definition) is 5. The van der Waals surface area contributed by atoms with Crippen LogP contribution in [0.2, 0.25) is 0 Å². The highest BCUT2D eigenvalue weighted by Crippen LogP contribution is 1.99. The van der Waals surface area contributed by atoms with Crippen molar-refractivity contribution >= 4 is 17.7 Å². The summed E-state index contributed by atoms with van der Waals surface area (Å²) in [7, 11) is 1.63. The summed E-state index contributed by atoms with van der Waals surface area (Å²) in [5.74, 6) is 1.19. The van der Waals surface area contributed by atoms with Gasteiger partial charge in [-0.2, -0.15) is 11.8 Å². The summed E-state index contributed by atoms with van der Waals surface area (Å²) in [5.41, 5.74) is 0.809. The molecule has 0 spiro atoms. The molecule has 1 heterocycles. The van der Waals surface area contributed by atoms with Gasteiger partial charge in [-0.05, 0) is 24.9 Å². The fraction of sp³-hybridized carbons (Fsp3) is 0.750. The molecule has 0 aromatic carbocycles. The van der Waals surface area contributed by atoms with E-state index in [2.05, 4.69) is 21.9 Å². The highest BCUT2D eigenvalue weighted by molar-refractivity contribution is 7.98. The van der Waals surface area contributed by atoms with Crippen molar-refractivity contribution in [2.24, 2.45) is 0 Å². The molecule has 19 heavy (non-hydrogen) atoms. The maximum Gasteiger partial charge on any atom is 0.220 e. The molecule has 0 aliphatic rings. The van der Waals surface area contributed by atoms with Gasteiger partial charge in [-0.25, -0.2) is 0 Å². The molecule has 1 rings (SSSR count). The van der Waals surface area contributed by atoms with E-state index in [9.17, 15) is 4.79 Å². The number of ether oxygens (including phenoxy) is 1. The summed E-state index contributed by atoms with van der Waals surface area (Å²) in [5, 5.41) is 10.8. The van der Waals surface area contributed by atoms with Crippen LogP contribution in [-0.2, 0) is 22.7 Å². The lowest BCUT2D eigenvalue weighted by molar-refractivity contribution is -0.121. The standard InChI is InChI=1S/C12H22N4O2S/c1-18-10-11-9-16(15-14-11)7-3-5-12(17)13-6-4-8-19-2/h9H,3-8,10H2,1-2H3,(H,13,17). The minimum atomic E-state index is 0.110. The Bertz CT molecular complexity index is 370. The van der Waals surface area contributed by atoms with E-state index in [0.29, 0.717) is 19.6 Å². The van der Waals surface area contributed by atoms with Crippen LogP contribution in [0.15, 0.2) is 6.20 Å². The first-order chi connectivity index (χ1) is 9.26. The van der Waals surface area contributed by atoms with Crippen LogP contribution in [0.3, 0.4) is 0 Å². The topological polar surface area (TPSA) is 69.0 Å². The summed E-state index contributed by atoms with van der Waals surface area (Å²) in [4.78, 5) is 11.5. The Kier molecular flexibility index (Phi) is 8.24. The van der Waals surface area contributed by atoms with E-state index in [4.69, 9.17) is 4.74 Å². The molecular weight excluding hydrogens is 264 g/mol. The van der Waals surface area contributed by atoms with E-state index < -0.39 is 0 Å². The van der Waals surface area contributed by atoms with E-state index >= 15 is 0 Å². The average molecular weight is 286 g/mol. The van der Waals surface area contributed by atoms with E-state index in [1.807, 2.05) is 6.20 Å². The normalized spacial score (nSPS) is 10.6. The van der Waals surface area contributed by atoms with Crippen molar-refractivity contribution in [2.75, 3.05) is 25.7 Å². The largest absolute Gasteiger partial charge is 0.378 e. The zero-order valence-electron chi connectivity index (χ0n) is 11.6. The van der Waals surface area contributed by atoms with Crippen molar-refractivity contribution in [1.82, 2.24) is 20.3 Å². The predicted molar refractivity (Wildman–Crippen MR) is 76.0 cm³/mol. The number of nitrogens with one attached hydrogen (secondary N) is 1. The summed E-state index contributed by atoms with van der Waals surface area (Å²) >= 11 is 1.79. The third-order valence-electron chi connectivity index (χ3n) is 2.52. The zero-order valence-corrected chi connectivity index (χ0v) is 12.4. The number of methoxy groups -OCH3 is 1. The number of aryl methyl sites for hydroxylation is 1. The van der Waals surface area contributed by atoms with Crippen LogP contribution in [0.5, 0.6) is 0 Å². The number of amides is 1. The Balaban J connectivity index is 2.10. The predicted octanol–water partition coefficient (Wildman–Crippen LogP) is 1.07. The molecule has 0 fully saturated rings. The first-order valence-corrected chi connectivity index (χ1v) is 7.79. The van der Waals surface area contributed by atoms with Crippen LogP contribution in [0.1, 0.15) is 25.0 Å². The fourth-order valence-corrected chi connectivity index (χ4v) is 2.03. The second kappa shape index (κ2) is 9.80. The van der Waals surface area contributed by atoms with Crippen molar-refractivity contribution in [1.29, 1.82) is 0 Å². The highest BCUT2D eigenvalue weighted by Gasteiger charge is 2.03. The quantitative estimate of drug-likeness (QED) is 0.652. The molecule has 6 nitrogen and oxygen atoms in total. The summed E-state index contributed by atoms with van der Waals surface area (Å²) in [6, 6.07) is 0. The van der Waals surface area contributed by atoms with Gasteiger partial charge in [0.05, 0.1) is 12.8 Å². The maximum atomic E-state index is 11.5. The molecule has 108 valence electrons. The molecule has 0 aliphatic heterocycles. The molecule has 1 aromatic heterocycles. The summed E-state index contributed by atoms with van der Waals surface area (Å²) in [6.07, 6.45) is 6.23. The Morgan fingerprint density at radius 3 is 3.11 bits per heavy atom. The SMILES string of the molecule is COCc1cn(CCCC(=O)NCCCSC)nn1. The lowest BCUT2D eigenvalue weighted by Crippen LogP contribution is -2.24. The van der Waals surface area contributed by atoms with Gasteiger partial charge in [-0.1, -0.05) is 5.21 Å². The van der Waals surface area contributed by atoms with Gasteiger partial charge in [-0.15, -0.1) is 5.10 Å². The molecule has 1 aromatic rings. The van der Waals surface area contributed by atoms with Gasteiger partial charge in [-0.3, -0.25) is 9.48 Å². The zero-order chi connectivity index (χ0) is 13.9. The van der Waals surface area contributed by atoms with Crippen molar-refractivity contribution in [2.45, 2.75) is 32.4 Å². The van der Waals surface area contributed by atoms with Gasteiger partial charge < -0.3 is 10.1 Å². The molecule has 1 amide bonds. The van der Waals surface area contributed by atoms with E-state index in [-0.39, 0.29) is 5.91 Å². The number of aromatic nitrogens is 3. The fourth-order valence-electron chi connectivity index (χ4n) is 1.60. The van der Waals surface area contributed by atoms with Gasteiger partial charge in [0.2, 0.25) is 5.91 Å². The van der Waals surface area contributed by atoms with Gasteiger partial charge in [0.15, 0.2) is 0 Å². The lowest BCUT2D eigenvalue weighted by atomic mass is 10.3. The Labute approximate surface area is 118 Å². The first kappa shape index (κ1) is 16.0. The van der Waals surface area contributed by atoms with E-state index in [0.717, 1.165) is 30.8 Å². The van der Waals surface area contributed by atoms with Gasteiger partial charge in [0.25, 0.3) is 0 Å².